The van der Waals surface area contributed by atoms with E-state index in [0.717, 1.165) is 50.9 Å². The first-order valence-corrected chi connectivity index (χ1v) is 9.35. The van der Waals surface area contributed by atoms with Crippen LogP contribution < -0.4 is 5.32 Å². The normalized spacial score (nSPS) is 28.8. The van der Waals surface area contributed by atoms with Crippen molar-refractivity contribution in [3.8, 4) is 0 Å². The van der Waals surface area contributed by atoms with Crippen LogP contribution in [0.2, 0.25) is 0 Å². The molecule has 1 saturated carbocycles. The second-order valence-electron chi connectivity index (χ2n) is 7.70. The molecule has 3 nitrogen and oxygen atoms in total. The van der Waals surface area contributed by atoms with E-state index >= 15 is 0 Å². The molecular formula is C20H29ClN2O. The molecule has 0 spiro atoms. The molecule has 2 saturated heterocycles. The van der Waals surface area contributed by atoms with Crippen molar-refractivity contribution >= 4 is 18.3 Å². The molecule has 0 bridgehead atoms. The van der Waals surface area contributed by atoms with Crippen LogP contribution in [-0.2, 0) is 10.2 Å². The predicted octanol–water partition coefficient (Wildman–Crippen LogP) is 3.38. The summed E-state index contributed by atoms with van der Waals surface area (Å²) < 4.78 is 0. The minimum Gasteiger partial charge on any atom is -0.342 e. The van der Waals surface area contributed by atoms with Gasteiger partial charge in [0, 0.05) is 13.1 Å². The molecule has 0 aromatic heterocycles. The van der Waals surface area contributed by atoms with Gasteiger partial charge in [-0.2, -0.15) is 0 Å². The van der Waals surface area contributed by atoms with Crippen LogP contribution in [0.25, 0.3) is 0 Å². The molecule has 4 rings (SSSR count). The van der Waals surface area contributed by atoms with E-state index in [1.165, 1.54) is 31.2 Å². The Kier molecular flexibility index (Phi) is 5.51. The summed E-state index contributed by atoms with van der Waals surface area (Å²) in [5.41, 5.74) is 1.01. The van der Waals surface area contributed by atoms with E-state index < -0.39 is 0 Å². The smallest absolute Gasteiger partial charge is 0.233 e. The average molecular weight is 349 g/mol. The molecule has 2 atom stereocenters. The zero-order valence-electron chi connectivity index (χ0n) is 14.4. The Balaban J connectivity index is 0.00000169. The quantitative estimate of drug-likeness (QED) is 0.888. The van der Waals surface area contributed by atoms with Gasteiger partial charge < -0.3 is 10.2 Å². The molecule has 0 unspecified atom stereocenters. The van der Waals surface area contributed by atoms with E-state index in [1.807, 2.05) is 0 Å². The van der Waals surface area contributed by atoms with Crippen molar-refractivity contribution < 1.29 is 4.79 Å². The van der Waals surface area contributed by atoms with Crippen LogP contribution in [0, 0.1) is 11.8 Å². The first-order chi connectivity index (χ1) is 11.3. The lowest BCUT2D eigenvalue weighted by atomic mass is 9.77. The fraction of sp³-hybridized carbons (Fsp3) is 0.650. The van der Waals surface area contributed by atoms with Crippen LogP contribution >= 0.6 is 12.4 Å². The number of fused-ring (bicyclic) bond motifs is 1. The molecule has 3 fully saturated rings. The highest BCUT2D eigenvalue weighted by molar-refractivity contribution is 5.88. The summed E-state index contributed by atoms with van der Waals surface area (Å²) in [7, 11) is 0. The zero-order valence-corrected chi connectivity index (χ0v) is 15.2. The van der Waals surface area contributed by atoms with Crippen LogP contribution in [0.1, 0.15) is 44.1 Å². The minimum absolute atomic E-state index is 0. The molecular weight excluding hydrogens is 320 g/mol. The molecule has 24 heavy (non-hydrogen) atoms. The summed E-state index contributed by atoms with van der Waals surface area (Å²) in [4.78, 5) is 15.7. The molecule has 2 aliphatic heterocycles. The second-order valence-corrected chi connectivity index (χ2v) is 7.70. The Morgan fingerprint density at radius 3 is 2.17 bits per heavy atom. The summed E-state index contributed by atoms with van der Waals surface area (Å²) >= 11 is 0. The van der Waals surface area contributed by atoms with Crippen LogP contribution in [0.15, 0.2) is 30.3 Å². The van der Waals surface area contributed by atoms with Gasteiger partial charge in [0.2, 0.25) is 5.91 Å². The van der Waals surface area contributed by atoms with E-state index in [-0.39, 0.29) is 17.8 Å². The number of hydrogen-bond donors (Lipinski definition) is 1. The second kappa shape index (κ2) is 7.45. The Hall–Kier alpha value is -1.06. The lowest BCUT2D eigenvalue weighted by Crippen LogP contribution is -2.46. The highest BCUT2D eigenvalue weighted by atomic mass is 35.5. The van der Waals surface area contributed by atoms with Gasteiger partial charge in [0.15, 0.2) is 0 Å². The number of halogens is 1. The number of benzene rings is 1. The van der Waals surface area contributed by atoms with Crippen LogP contribution in [0.3, 0.4) is 0 Å². The van der Waals surface area contributed by atoms with Gasteiger partial charge in [-0.05, 0) is 56.2 Å². The Bertz CT molecular complexity index is 542. The van der Waals surface area contributed by atoms with E-state index in [1.54, 1.807) is 0 Å². The monoisotopic (exact) mass is 348 g/mol. The lowest BCUT2D eigenvalue weighted by Gasteiger charge is -2.34. The number of likely N-dealkylation sites (tertiary alicyclic amines) is 1. The molecule has 1 amide bonds. The third kappa shape index (κ3) is 3.09. The first kappa shape index (κ1) is 17.8. The molecule has 2 heterocycles. The number of nitrogens with zero attached hydrogens (tertiary/aromatic N) is 1. The predicted molar refractivity (Wildman–Crippen MR) is 99.5 cm³/mol. The van der Waals surface area contributed by atoms with Gasteiger partial charge in [0.25, 0.3) is 0 Å². The average Bonchev–Trinajstić information content (AvgIpc) is 3.22. The maximum Gasteiger partial charge on any atom is 0.233 e. The maximum atomic E-state index is 13.5. The number of nitrogens with one attached hydrogen (secondary N) is 1. The van der Waals surface area contributed by atoms with Crippen LogP contribution in [0.5, 0.6) is 0 Å². The minimum atomic E-state index is -0.237. The Morgan fingerprint density at radius 2 is 1.58 bits per heavy atom. The molecule has 4 heteroatoms. The summed E-state index contributed by atoms with van der Waals surface area (Å²) in [6.07, 6.45) is 6.78. The summed E-state index contributed by atoms with van der Waals surface area (Å²) in [6.45, 7) is 4.21. The first-order valence-electron chi connectivity index (χ1n) is 9.35. The van der Waals surface area contributed by atoms with Crippen molar-refractivity contribution in [3.05, 3.63) is 35.9 Å². The topological polar surface area (TPSA) is 32.3 Å². The van der Waals surface area contributed by atoms with Gasteiger partial charge in [-0.15, -0.1) is 12.4 Å². The molecule has 1 aromatic rings. The van der Waals surface area contributed by atoms with Gasteiger partial charge in [0.05, 0.1) is 5.41 Å². The SMILES string of the molecule is Cl.O=C(N1CC[C@@H]2CNC[C@@H]2CC1)C1(c2ccccc2)CCCC1. The van der Waals surface area contributed by atoms with Gasteiger partial charge in [-0.25, -0.2) is 0 Å². The molecule has 1 aliphatic carbocycles. The van der Waals surface area contributed by atoms with Gasteiger partial charge in [-0.1, -0.05) is 43.2 Å². The number of carbonyl (C=O) groups excluding carboxylic acids is 1. The highest BCUT2D eigenvalue weighted by Gasteiger charge is 2.45. The molecule has 1 N–H and O–H groups in total. The number of hydrogen-bond acceptors (Lipinski definition) is 2. The van der Waals surface area contributed by atoms with Gasteiger partial charge in [-0.3, -0.25) is 4.79 Å². The van der Waals surface area contributed by atoms with Gasteiger partial charge >= 0.3 is 0 Å². The molecule has 1 aromatic carbocycles. The van der Waals surface area contributed by atoms with Crippen LogP contribution in [0.4, 0.5) is 0 Å². The largest absolute Gasteiger partial charge is 0.342 e. The lowest BCUT2D eigenvalue weighted by molar-refractivity contribution is -0.137. The fourth-order valence-electron chi connectivity index (χ4n) is 5.09. The third-order valence-electron chi connectivity index (χ3n) is 6.50. The Labute approximate surface area is 151 Å². The Morgan fingerprint density at radius 1 is 1.00 bits per heavy atom. The van der Waals surface area contributed by atoms with E-state index in [2.05, 4.69) is 40.5 Å². The van der Waals surface area contributed by atoms with Crippen molar-refractivity contribution in [1.82, 2.24) is 10.2 Å². The van der Waals surface area contributed by atoms with Crippen molar-refractivity contribution in [2.24, 2.45) is 11.8 Å². The van der Waals surface area contributed by atoms with Crippen LogP contribution in [-0.4, -0.2) is 37.0 Å². The number of carbonyl (C=O) groups is 1. The molecule has 3 aliphatic rings. The van der Waals surface area contributed by atoms with E-state index in [4.69, 9.17) is 0 Å². The summed E-state index contributed by atoms with van der Waals surface area (Å²) in [5.74, 6) is 1.97. The van der Waals surface area contributed by atoms with Crippen molar-refractivity contribution in [1.29, 1.82) is 0 Å². The summed E-state index contributed by atoms with van der Waals surface area (Å²) in [6, 6.07) is 10.6. The highest BCUT2D eigenvalue weighted by Crippen LogP contribution is 2.43. The number of rotatable bonds is 2. The van der Waals surface area contributed by atoms with Crippen molar-refractivity contribution in [3.63, 3.8) is 0 Å². The zero-order chi connectivity index (χ0) is 15.7. The van der Waals surface area contributed by atoms with Gasteiger partial charge in [0.1, 0.15) is 0 Å². The van der Waals surface area contributed by atoms with E-state index in [9.17, 15) is 4.79 Å². The standard InChI is InChI=1S/C20H28N2O.ClH/c23-19(22-12-8-16-14-21-15-17(16)9-13-22)20(10-4-5-11-20)18-6-2-1-3-7-18;/h1-3,6-7,16-17,21H,4-5,8-15H2;1H/t16-,17+;. The van der Waals surface area contributed by atoms with E-state index in [0.29, 0.717) is 5.91 Å². The van der Waals surface area contributed by atoms with Crippen molar-refractivity contribution in [2.75, 3.05) is 26.2 Å². The van der Waals surface area contributed by atoms with Crippen molar-refractivity contribution in [2.45, 2.75) is 43.9 Å². The third-order valence-corrected chi connectivity index (χ3v) is 6.50. The molecule has 0 radical (unpaired) electrons. The molecule has 132 valence electrons. The number of amides is 1. The fourth-order valence-corrected chi connectivity index (χ4v) is 5.09. The maximum absolute atomic E-state index is 13.5. The summed E-state index contributed by atoms with van der Waals surface area (Å²) in [5, 5.41) is 3.52.